The Bertz CT molecular complexity index is 270. The Labute approximate surface area is 112 Å². The lowest BCUT2D eigenvalue weighted by Crippen LogP contribution is -2.48. The lowest BCUT2D eigenvalue weighted by molar-refractivity contribution is 0.0796. The molecule has 0 aliphatic heterocycles. The molecule has 1 aliphatic rings. The Morgan fingerprint density at radius 1 is 1.00 bits per heavy atom. The molecule has 0 radical (unpaired) electrons. The van der Waals surface area contributed by atoms with Crippen LogP contribution < -0.4 is 0 Å². The van der Waals surface area contributed by atoms with Crippen LogP contribution in [0.4, 0.5) is 0 Å². The topological polar surface area (TPSA) is 27.7 Å². The molecule has 0 heterocycles. The van der Waals surface area contributed by atoms with E-state index in [9.17, 15) is 0 Å². The molecule has 0 saturated carbocycles. The van der Waals surface area contributed by atoms with Gasteiger partial charge in [0, 0.05) is 25.0 Å². The summed E-state index contributed by atoms with van der Waals surface area (Å²) in [7, 11) is -2.64. The quantitative estimate of drug-likeness (QED) is 0.661. The van der Waals surface area contributed by atoms with Gasteiger partial charge in [-0.05, 0) is 46.5 Å². The van der Waals surface area contributed by atoms with Crippen LogP contribution >= 0.6 is 0 Å². The average Bonchev–Trinajstić information content (AvgIpc) is 2.29. The summed E-state index contributed by atoms with van der Waals surface area (Å²) < 4.78 is 17.8. The van der Waals surface area contributed by atoms with Crippen molar-refractivity contribution in [3.63, 3.8) is 0 Å². The predicted molar refractivity (Wildman–Crippen MR) is 76.3 cm³/mol. The van der Waals surface area contributed by atoms with Crippen LogP contribution in [0.15, 0.2) is 23.4 Å². The largest absolute Gasteiger partial charge is 0.532 e. The minimum Gasteiger partial charge on any atom is -0.370 e. The van der Waals surface area contributed by atoms with Crippen molar-refractivity contribution in [2.24, 2.45) is 0 Å². The molecule has 0 bridgehead atoms. The van der Waals surface area contributed by atoms with Gasteiger partial charge in [0.15, 0.2) is 0 Å². The zero-order valence-electron chi connectivity index (χ0n) is 11.9. The molecule has 4 heteroatoms. The second kappa shape index (κ2) is 8.64. The van der Waals surface area contributed by atoms with Crippen LogP contribution in [0.25, 0.3) is 0 Å². The summed E-state index contributed by atoms with van der Waals surface area (Å²) in [4.78, 5) is 0. The SMILES string of the molecule is CCO[Si](OCC)(OCC)/C1=C/C=C\CCCC1. The van der Waals surface area contributed by atoms with Crippen LogP contribution in [-0.4, -0.2) is 28.6 Å². The lowest BCUT2D eigenvalue weighted by Gasteiger charge is -2.31. The summed E-state index contributed by atoms with van der Waals surface area (Å²) in [5.74, 6) is 0. The Morgan fingerprint density at radius 2 is 1.61 bits per heavy atom. The molecule has 0 saturated heterocycles. The summed E-state index contributed by atoms with van der Waals surface area (Å²) in [6.45, 7) is 7.89. The van der Waals surface area contributed by atoms with Crippen LogP contribution in [-0.2, 0) is 13.3 Å². The monoisotopic (exact) mass is 270 g/mol. The second-order valence-corrected chi connectivity index (χ2v) is 6.84. The molecule has 0 spiro atoms. The minimum absolute atomic E-state index is 0.632. The summed E-state index contributed by atoms with van der Waals surface area (Å²) in [6, 6.07) is 0. The zero-order chi connectivity index (χ0) is 13.3. The maximum absolute atomic E-state index is 5.94. The normalized spacial score (nSPS) is 21.8. The summed E-state index contributed by atoms with van der Waals surface area (Å²) in [5.41, 5.74) is 0. The number of hydrogen-bond acceptors (Lipinski definition) is 3. The first-order valence-corrected chi connectivity index (χ1v) is 8.79. The number of hydrogen-bond donors (Lipinski definition) is 0. The first kappa shape index (κ1) is 15.6. The fourth-order valence-electron chi connectivity index (χ4n) is 2.17. The van der Waals surface area contributed by atoms with Crippen molar-refractivity contribution in [1.82, 2.24) is 0 Å². The van der Waals surface area contributed by atoms with Crippen LogP contribution in [0, 0.1) is 0 Å². The van der Waals surface area contributed by atoms with Gasteiger partial charge in [-0.3, -0.25) is 0 Å². The molecule has 0 aromatic heterocycles. The smallest absolute Gasteiger partial charge is 0.370 e. The summed E-state index contributed by atoms with van der Waals surface area (Å²) in [6.07, 6.45) is 11.1. The standard InChI is InChI=1S/C14H26O3Si/c1-4-15-18(16-5-2,17-6-3)14-12-10-8-7-9-11-13-14/h8,10,12H,4-7,9,11,13H2,1-3H3/b10-8-,14-12+. The second-order valence-electron chi connectivity index (χ2n) is 4.22. The van der Waals surface area contributed by atoms with Gasteiger partial charge in [0.05, 0.1) is 0 Å². The Hall–Kier alpha value is -0.423. The molecule has 1 aliphatic carbocycles. The van der Waals surface area contributed by atoms with E-state index >= 15 is 0 Å². The van der Waals surface area contributed by atoms with Crippen molar-refractivity contribution >= 4 is 8.80 Å². The molecule has 0 unspecified atom stereocenters. The zero-order valence-corrected chi connectivity index (χ0v) is 12.9. The molecule has 18 heavy (non-hydrogen) atoms. The highest BCUT2D eigenvalue weighted by Crippen LogP contribution is 2.26. The highest BCUT2D eigenvalue weighted by Gasteiger charge is 2.44. The molecule has 0 fully saturated rings. The van der Waals surface area contributed by atoms with Gasteiger partial charge in [-0.15, -0.1) is 0 Å². The number of allylic oxidation sites excluding steroid dienone is 4. The predicted octanol–water partition coefficient (Wildman–Crippen LogP) is 3.63. The van der Waals surface area contributed by atoms with Crippen molar-refractivity contribution in [1.29, 1.82) is 0 Å². The van der Waals surface area contributed by atoms with Gasteiger partial charge >= 0.3 is 8.80 Å². The van der Waals surface area contributed by atoms with Gasteiger partial charge in [0.1, 0.15) is 0 Å². The molecule has 3 nitrogen and oxygen atoms in total. The molecule has 0 atom stereocenters. The van der Waals surface area contributed by atoms with E-state index in [0.717, 1.165) is 12.8 Å². The lowest BCUT2D eigenvalue weighted by atomic mass is 10.1. The molecule has 0 N–H and O–H groups in total. The Morgan fingerprint density at radius 3 is 2.17 bits per heavy atom. The third-order valence-corrected chi connectivity index (χ3v) is 6.11. The van der Waals surface area contributed by atoms with E-state index in [-0.39, 0.29) is 0 Å². The van der Waals surface area contributed by atoms with Crippen LogP contribution in [0.1, 0.15) is 46.5 Å². The first-order valence-electron chi connectivity index (χ1n) is 7.07. The first-order chi connectivity index (χ1) is 8.79. The van der Waals surface area contributed by atoms with E-state index in [2.05, 4.69) is 18.2 Å². The maximum Gasteiger partial charge on any atom is 0.532 e. The molecule has 0 aromatic rings. The summed E-state index contributed by atoms with van der Waals surface area (Å²) >= 11 is 0. The molecule has 104 valence electrons. The molecular formula is C14H26O3Si. The van der Waals surface area contributed by atoms with Gasteiger partial charge in [0.25, 0.3) is 0 Å². The van der Waals surface area contributed by atoms with E-state index in [0.29, 0.717) is 19.8 Å². The van der Waals surface area contributed by atoms with Gasteiger partial charge in [0.2, 0.25) is 0 Å². The number of rotatable bonds is 7. The van der Waals surface area contributed by atoms with Gasteiger partial charge < -0.3 is 13.3 Å². The highest BCUT2D eigenvalue weighted by molar-refractivity contribution is 6.68. The average molecular weight is 270 g/mol. The maximum atomic E-state index is 5.94. The molecule has 0 amide bonds. The van der Waals surface area contributed by atoms with E-state index in [1.165, 1.54) is 18.0 Å². The van der Waals surface area contributed by atoms with Gasteiger partial charge in [-0.25, -0.2) is 0 Å². The van der Waals surface area contributed by atoms with E-state index < -0.39 is 8.80 Å². The molecule has 1 rings (SSSR count). The van der Waals surface area contributed by atoms with Crippen molar-refractivity contribution in [2.45, 2.75) is 46.5 Å². The van der Waals surface area contributed by atoms with E-state index in [1.54, 1.807) is 0 Å². The molecule has 0 aromatic carbocycles. The molecular weight excluding hydrogens is 244 g/mol. The Kier molecular flexibility index (Phi) is 7.50. The Balaban J connectivity index is 2.95. The van der Waals surface area contributed by atoms with Crippen molar-refractivity contribution < 1.29 is 13.3 Å². The fraction of sp³-hybridized carbons (Fsp3) is 0.714. The van der Waals surface area contributed by atoms with E-state index in [4.69, 9.17) is 13.3 Å². The van der Waals surface area contributed by atoms with Crippen molar-refractivity contribution in [3.05, 3.63) is 23.4 Å². The van der Waals surface area contributed by atoms with Crippen molar-refractivity contribution in [2.75, 3.05) is 19.8 Å². The minimum atomic E-state index is -2.64. The van der Waals surface area contributed by atoms with Crippen LogP contribution in [0.3, 0.4) is 0 Å². The highest BCUT2D eigenvalue weighted by atomic mass is 28.4. The van der Waals surface area contributed by atoms with Crippen LogP contribution in [0.2, 0.25) is 0 Å². The van der Waals surface area contributed by atoms with Gasteiger partial charge in [-0.1, -0.05) is 18.2 Å². The van der Waals surface area contributed by atoms with Crippen molar-refractivity contribution in [3.8, 4) is 0 Å². The van der Waals surface area contributed by atoms with Gasteiger partial charge in [-0.2, -0.15) is 0 Å². The fourth-order valence-corrected chi connectivity index (χ4v) is 4.90. The summed E-state index contributed by atoms with van der Waals surface area (Å²) in [5, 5.41) is 1.23. The van der Waals surface area contributed by atoms with Crippen LogP contribution in [0.5, 0.6) is 0 Å². The third kappa shape index (κ3) is 4.35. The third-order valence-electron chi connectivity index (χ3n) is 2.90. The van der Waals surface area contributed by atoms with E-state index in [1.807, 2.05) is 20.8 Å².